The average molecular weight is 448 g/mol. The first kappa shape index (κ1) is 19.2. The lowest BCUT2D eigenvalue weighted by Gasteiger charge is -2.39. The van der Waals surface area contributed by atoms with Crippen molar-refractivity contribution in [1.29, 1.82) is 0 Å². The van der Waals surface area contributed by atoms with Gasteiger partial charge >= 0.3 is 5.97 Å². The molecule has 0 radical (unpaired) electrons. The number of ether oxygens (including phenoxy) is 1. The van der Waals surface area contributed by atoms with Crippen LogP contribution in [0.5, 0.6) is 11.5 Å². The van der Waals surface area contributed by atoms with Crippen LogP contribution >= 0.6 is 15.9 Å². The molecule has 2 aliphatic heterocycles. The molecule has 2 aromatic carbocycles. The van der Waals surface area contributed by atoms with E-state index in [0.29, 0.717) is 17.7 Å². The van der Waals surface area contributed by atoms with Crippen LogP contribution in [0.25, 0.3) is 0 Å². The van der Waals surface area contributed by atoms with Crippen molar-refractivity contribution in [2.75, 3.05) is 7.11 Å². The number of para-hydroxylation sites is 1. The van der Waals surface area contributed by atoms with Gasteiger partial charge in [-0.25, -0.2) is 10.9 Å². The van der Waals surface area contributed by atoms with Gasteiger partial charge in [-0.1, -0.05) is 40.2 Å². The summed E-state index contributed by atoms with van der Waals surface area (Å²) >= 11 is 3.43. The van der Waals surface area contributed by atoms with E-state index in [1.807, 2.05) is 24.3 Å². The Balaban J connectivity index is 1.64. The standard InChI is InChI=1S/C20H22BrN3O4/c1-28-15-4-2-3-12(18(15)25)14-9-13(20(26)27)16-17(23-24-19(16)22-14)10-5-7-11(21)8-6-10/h2-8,13-14,16-17,19,22-25H,9H2,1H3,(H,26,27). The van der Waals surface area contributed by atoms with Crippen LogP contribution in [0.15, 0.2) is 46.9 Å². The van der Waals surface area contributed by atoms with Gasteiger partial charge in [0, 0.05) is 22.0 Å². The molecule has 7 nitrogen and oxygen atoms in total. The number of hydrazine groups is 1. The van der Waals surface area contributed by atoms with Crippen molar-refractivity contribution < 1.29 is 19.7 Å². The molecular weight excluding hydrogens is 426 g/mol. The minimum Gasteiger partial charge on any atom is -0.504 e. The van der Waals surface area contributed by atoms with Crippen molar-refractivity contribution in [1.82, 2.24) is 16.2 Å². The number of carbonyl (C=O) groups is 1. The Bertz CT molecular complexity index is 876. The minimum atomic E-state index is -0.837. The summed E-state index contributed by atoms with van der Waals surface area (Å²) in [6.07, 6.45) is 0.118. The van der Waals surface area contributed by atoms with Gasteiger partial charge in [0.25, 0.3) is 0 Å². The number of phenolic OH excluding ortho intramolecular Hbond substituents is 1. The van der Waals surface area contributed by atoms with Crippen molar-refractivity contribution in [2.24, 2.45) is 11.8 Å². The highest BCUT2D eigenvalue weighted by Crippen LogP contribution is 2.45. The fourth-order valence-corrected chi connectivity index (χ4v) is 4.59. The number of piperidine rings is 1. The van der Waals surface area contributed by atoms with Crippen LogP contribution < -0.4 is 20.9 Å². The second kappa shape index (κ2) is 7.71. The summed E-state index contributed by atoms with van der Waals surface area (Å²) in [7, 11) is 1.49. The molecule has 0 saturated carbocycles. The number of nitrogens with one attached hydrogen (secondary N) is 3. The Kier molecular flexibility index (Phi) is 5.29. The molecule has 2 saturated heterocycles. The molecule has 28 heavy (non-hydrogen) atoms. The predicted molar refractivity (Wildman–Crippen MR) is 107 cm³/mol. The van der Waals surface area contributed by atoms with Crippen LogP contribution in [0, 0.1) is 11.8 Å². The van der Waals surface area contributed by atoms with Crippen LogP contribution in [0.3, 0.4) is 0 Å². The molecule has 5 atom stereocenters. The van der Waals surface area contributed by atoms with Gasteiger partial charge in [-0.2, -0.15) is 0 Å². The Labute approximate surface area is 171 Å². The van der Waals surface area contributed by atoms with Crippen molar-refractivity contribution in [2.45, 2.75) is 24.7 Å². The first-order valence-electron chi connectivity index (χ1n) is 9.11. The van der Waals surface area contributed by atoms with Gasteiger partial charge in [0.05, 0.1) is 25.2 Å². The number of hydrogen-bond acceptors (Lipinski definition) is 6. The third kappa shape index (κ3) is 3.37. The Hall–Kier alpha value is -2.13. The maximum Gasteiger partial charge on any atom is 0.307 e. The lowest BCUT2D eigenvalue weighted by atomic mass is 9.74. The molecule has 2 heterocycles. The van der Waals surface area contributed by atoms with E-state index in [2.05, 4.69) is 32.1 Å². The van der Waals surface area contributed by atoms with Gasteiger partial charge in [0.2, 0.25) is 0 Å². The zero-order valence-corrected chi connectivity index (χ0v) is 16.8. The molecule has 2 aliphatic rings. The number of rotatable bonds is 4. The fourth-order valence-electron chi connectivity index (χ4n) is 4.32. The number of carboxylic acids is 1. The molecule has 2 aromatic rings. The molecule has 0 bridgehead atoms. The second-order valence-corrected chi connectivity index (χ2v) is 8.09. The summed E-state index contributed by atoms with van der Waals surface area (Å²) in [5.74, 6) is -1.18. The molecule has 5 N–H and O–H groups in total. The smallest absolute Gasteiger partial charge is 0.307 e. The highest BCUT2D eigenvalue weighted by molar-refractivity contribution is 9.10. The zero-order valence-electron chi connectivity index (χ0n) is 15.2. The molecule has 4 rings (SSSR count). The number of aromatic hydroxyl groups is 1. The highest BCUT2D eigenvalue weighted by Gasteiger charge is 2.49. The Morgan fingerprint density at radius 1 is 1.18 bits per heavy atom. The molecule has 148 valence electrons. The van der Waals surface area contributed by atoms with Gasteiger partial charge in [-0.15, -0.1) is 0 Å². The van der Waals surface area contributed by atoms with E-state index in [4.69, 9.17) is 4.74 Å². The molecule has 0 spiro atoms. The van der Waals surface area contributed by atoms with E-state index in [9.17, 15) is 15.0 Å². The van der Waals surface area contributed by atoms with Crippen LogP contribution in [0.2, 0.25) is 0 Å². The van der Waals surface area contributed by atoms with Gasteiger partial charge in [0.1, 0.15) is 0 Å². The maximum atomic E-state index is 12.1. The van der Waals surface area contributed by atoms with Gasteiger partial charge < -0.3 is 14.9 Å². The van der Waals surface area contributed by atoms with Crippen LogP contribution in [-0.2, 0) is 4.79 Å². The summed E-state index contributed by atoms with van der Waals surface area (Å²) in [5.41, 5.74) is 8.12. The average Bonchev–Trinajstić information content (AvgIpc) is 3.12. The van der Waals surface area contributed by atoms with Crippen molar-refractivity contribution in [3.8, 4) is 11.5 Å². The number of aliphatic carboxylic acids is 1. The summed E-state index contributed by atoms with van der Waals surface area (Å²) in [5, 5.41) is 23.9. The summed E-state index contributed by atoms with van der Waals surface area (Å²) < 4.78 is 6.17. The molecule has 8 heteroatoms. The van der Waals surface area contributed by atoms with E-state index in [0.717, 1.165) is 10.0 Å². The van der Waals surface area contributed by atoms with Gasteiger partial charge in [-0.05, 0) is 30.2 Å². The number of hydrogen-bond donors (Lipinski definition) is 5. The normalized spacial score (nSPS) is 29.3. The fraction of sp³-hybridized carbons (Fsp3) is 0.350. The number of phenols is 1. The topological polar surface area (TPSA) is 103 Å². The Morgan fingerprint density at radius 2 is 1.93 bits per heavy atom. The summed E-state index contributed by atoms with van der Waals surface area (Å²) in [4.78, 5) is 12.1. The van der Waals surface area contributed by atoms with E-state index in [1.165, 1.54) is 7.11 Å². The molecule has 0 aromatic heterocycles. The van der Waals surface area contributed by atoms with Crippen LogP contribution in [0.1, 0.15) is 29.6 Å². The second-order valence-electron chi connectivity index (χ2n) is 7.17. The number of halogens is 1. The molecule has 5 unspecified atom stereocenters. The van der Waals surface area contributed by atoms with Crippen molar-refractivity contribution >= 4 is 21.9 Å². The van der Waals surface area contributed by atoms with Gasteiger partial charge in [0.15, 0.2) is 11.5 Å². The number of carboxylic acid groups (broad SMARTS) is 1. The molecule has 0 aliphatic carbocycles. The highest BCUT2D eigenvalue weighted by atomic mass is 79.9. The van der Waals surface area contributed by atoms with Crippen molar-refractivity contribution in [3.05, 3.63) is 58.1 Å². The van der Waals surface area contributed by atoms with Crippen LogP contribution in [-0.4, -0.2) is 29.5 Å². The molecule has 0 amide bonds. The monoisotopic (exact) mass is 447 g/mol. The SMILES string of the molecule is COc1cccc(C2CC(C(=O)O)C3C(NNC3c3ccc(Br)cc3)N2)c1O. The third-order valence-electron chi connectivity index (χ3n) is 5.67. The summed E-state index contributed by atoms with van der Waals surface area (Å²) in [6.45, 7) is 0. The lowest BCUT2D eigenvalue weighted by Crippen LogP contribution is -2.53. The maximum absolute atomic E-state index is 12.1. The number of benzene rings is 2. The van der Waals surface area contributed by atoms with E-state index < -0.39 is 11.9 Å². The molecule has 2 fully saturated rings. The predicted octanol–water partition coefficient (Wildman–Crippen LogP) is 2.69. The third-order valence-corrected chi connectivity index (χ3v) is 6.20. The Morgan fingerprint density at radius 3 is 2.61 bits per heavy atom. The largest absolute Gasteiger partial charge is 0.504 e. The quantitative estimate of drug-likeness (QED) is 0.490. The van der Waals surface area contributed by atoms with Crippen molar-refractivity contribution in [3.63, 3.8) is 0 Å². The van der Waals surface area contributed by atoms with E-state index >= 15 is 0 Å². The summed E-state index contributed by atoms with van der Waals surface area (Å²) in [6, 6.07) is 12.7. The minimum absolute atomic E-state index is 0.0421. The first-order chi connectivity index (χ1) is 13.5. The molecular formula is C20H22BrN3O4. The number of fused-ring (bicyclic) bond motifs is 1. The van der Waals surface area contributed by atoms with Gasteiger partial charge in [-0.3, -0.25) is 10.1 Å². The van der Waals surface area contributed by atoms with E-state index in [1.54, 1.807) is 18.2 Å². The van der Waals surface area contributed by atoms with Crippen LogP contribution in [0.4, 0.5) is 0 Å². The zero-order chi connectivity index (χ0) is 19.8. The van der Waals surface area contributed by atoms with E-state index in [-0.39, 0.29) is 29.9 Å². The first-order valence-corrected chi connectivity index (χ1v) is 9.90. The number of methoxy groups -OCH3 is 1. The lowest BCUT2D eigenvalue weighted by molar-refractivity contribution is -0.146.